The third kappa shape index (κ3) is 1.15. The quantitative estimate of drug-likeness (QED) is 0.520. The van der Waals surface area contributed by atoms with Crippen molar-refractivity contribution in [1.29, 1.82) is 0 Å². The van der Waals surface area contributed by atoms with Crippen LogP contribution in [0.2, 0.25) is 0 Å². The van der Waals surface area contributed by atoms with Gasteiger partial charge in [-0.2, -0.15) is 0 Å². The third-order valence-electron chi connectivity index (χ3n) is 1.49. The van der Waals surface area contributed by atoms with Crippen molar-refractivity contribution in [2.24, 2.45) is 0 Å². The minimum atomic E-state index is -0.638. The normalized spacial score (nSPS) is 10.0. The summed E-state index contributed by atoms with van der Waals surface area (Å²) < 4.78 is 24.9. The highest BCUT2D eigenvalue weighted by Crippen LogP contribution is 2.12. The van der Waals surface area contributed by atoms with E-state index in [1.54, 1.807) is 13.8 Å². The van der Waals surface area contributed by atoms with Crippen LogP contribution in [0.4, 0.5) is 8.78 Å². The first-order valence-electron chi connectivity index (χ1n) is 2.96. The molecule has 0 unspecified atom stereocenters. The van der Waals surface area contributed by atoms with Crippen LogP contribution in [-0.4, -0.2) is 0 Å². The van der Waals surface area contributed by atoms with Crippen LogP contribution in [-0.2, 0) is 0 Å². The van der Waals surface area contributed by atoms with Gasteiger partial charge in [0.1, 0.15) is 11.6 Å². The van der Waals surface area contributed by atoms with Gasteiger partial charge in [-0.25, -0.2) is 8.78 Å². The van der Waals surface area contributed by atoms with E-state index in [-0.39, 0.29) is 0 Å². The molecule has 0 nitrogen and oxygen atoms in total. The summed E-state index contributed by atoms with van der Waals surface area (Å²) in [5, 5.41) is 0. The molecule has 0 aromatic heterocycles. The van der Waals surface area contributed by atoms with Crippen molar-refractivity contribution < 1.29 is 8.78 Å². The third-order valence-corrected chi connectivity index (χ3v) is 1.49. The lowest BCUT2D eigenvalue weighted by molar-refractivity contribution is 0.571. The van der Waals surface area contributed by atoms with Gasteiger partial charge in [0, 0.05) is 0 Å². The zero-order valence-corrected chi connectivity index (χ0v) is 5.83. The second-order valence-corrected chi connectivity index (χ2v) is 2.24. The van der Waals surface area contributed by atoms with E-state index in [0.29, 0.717) is 11.1 Å². The zero-order chi connectivity index (χ0) is 7.72. The van der Waals surface area contributed by atoms with E-state index in [9.17, 15) is 8.78 Å². The molecule has 0 fully saturated rings. The van der Waals surface area contributed by atoms with Gasteiger partial charge in [0.25, 0.3) is 0 Å². The predicted molar refractivity (Wildman–Crippen MR) is 34.7 cm³/mol. The summed E-state index contributed by atoms with van der Waals surface area (Å²) in [6, 6.07) is 3.21. The van der Waals surface area contributed by atoms with Gasteiger partial charge in [-0.05, 0) is 31.0 Å². The summed E-state index contributed by atoms with van der Waals surface area (Å²) in [4.78, 5) is 0. The number of aryl methyl sites for hydroxylation is 1. The SMILES string of the molecule is Cc1cc(F)[c]c(F)c1C. The van der Waals surface area contributed by atoms with Gasteiger partial charge < -0.3 is 0 Å². The molecule has 0 saturated heterocycles. The van der Waals surface area contributed by atoms with E-state index < -0.39 is 11.6 Å². The first-order chi connectivity index (χ1) is 4.61. The molecule has 0 bridgehead atoms. The van der Waals surface area contributed by atoms with Crippen molar-refractivity contribution in [2.45, 2.75) is 13.8 Å². The predicted octanol–water partition coefficient (Wildman–Crippen LogP) is 2.38. The molecule has 2 heteroatoms. The number of hydrogen-bond donors (Lipinski definition) is 0. The van der Waals surface area contributed by atoms with Crippen LogP contribution < -0.4 is 0 Å². The number of halogens is 2. The lowest BCUT2D eigenvalue weighted by Crippen LogP contribution is -1.89. The average Bonchev–Trinajstić information content (AvgIpc) is 1.82. The Labute approximate surface area is 58.5 Å². The smallest absolute Gasteiger partial charge is 0.137 e. The molecule has 0 aliphatic rings. The van der Waals surface area contributed by atoms with Crippen LogP contribution in [0.15, 0.2) is 6.07 Å². The number of rotatable bonds is 0. The Kier molecular flexibility index (Phi) is 1.70. The van der Waals surface area contributed by atoms with Crippen molar-refractivity contribution in [3.05, 3.63) is 34.9 Å². The first-order valence-corrected chi connectivity index (χ1v) is 2.96. The maximum atomic E-state index is 12.5. The summed E-state index contributed by atoms with van der Waals surface area (Å²) >= 11 is 0. The van der Waals surface area contributed by atoms with Crippen LogP contribution >= 0.6 is 0 Å². The van der Waals surface area contributed by atoms with Crippen LogP contribution in [0.5, 0.6) is 0 Å². The van der Waals surface area contributed by atoms with Crippen molar-refractivity contribution >= 4 is 0 Å². The van der Waals surface area contributed by atoms with Crippen molar-refractivity contribution in [3.63, 3.8) is 0 Å². The fraction of sp³-hybridized carbons (Fsp3) is 0.250. The lowest BCUT2D eigenvalue weighted by Gasteiger charge is -1.99. The molecule has 1 aromatic carbocycles. The zero-order valence-electron chi connectivity index (χ0n) is 5.83. The molecule has 53 valence electrons. The Balaban J connectivity index is 3.31. The average molecular weight is 141 g/mol. The second-order valence-electron chi connectivity index (χ2n) is 2.24. The molecule has 1 radical (unpaired) electrons. The molecule has 0 N–H and O–H groups in total. The fourth-order valence-corrected chi connectivity index (χ4v) is 0.706. The number of benzene rings is 1. The molecule has 0 aliphatic carbocycles. The molecule has 0 amide bonds. The molecule has 0 atom stereocenters. The summed E-state index contributed by atoms with van der Waals surface area (Å²) in [7, 11) is 0. The minimum Gasteiger partial charge on any atom is -0.206 e. The fourth-order valence-electron chi connectivity index (χ4n) is 0.706. The molecule has 1 rings (SSSR count). The van der Waals surface area contributed by atoms with Crippen molar-refractivity contribution in [2.75, 3.05) is 0 Å². The van der Waals surface area contributed by atoms with Gasteiger partial charge in [0.15, 0.2) is 0 Å². The summed E-state index contributed by atoms with van der Waals surface area (Å²) in [6.45, 7) is 3.26. The van der Waals surface area contributed by atoms with Crippen LogP contribution in [0.1, 0.15) is 11.1 Å². The first kappa shape index (κ1) is 7.19. The van der Waals surface area contributed by atoms with E-state index in [2.05, 4.69) is 0 Å². The Hall–Kier alpha value is -0.920. The van der Waals surface area contributed by atoms with Crippen LogP contribution in [0.3, 0.4) is 0 Å². The van der Waals surface area contributed by atoms with Crippen molar-refractivity contribution in [1.82, 2.24) is 0 Å². The Morgan fingerprint density at radius 1 is 1.30 bits per heavy atom. The highest BCUT2D eigenvalue weighted by atomic mass is 19.1. The van der Waals surface area contributed by atoms with Gasteiger partial charge in [-0.3, -0.25) is 0 Å². The molecule has 0 heterocycles. The van der Waals surface area contributed by atoms with Gasteiger partial charge in [0.2, 0.25) is 0 Å². The van der Waals surface area contributed by atoms with E-state index in [4.69, 9.17) is 0 Å². The highest BCUT2D eigenvalue weighted by Gasteiger charge is 2.02. The standard InChI is InChI=1S/C8H7F2/c1-5-3-7(9)4-8(10)6(5)2/h3H,1-2H3. The van der Waals surface area contributed by atoms with E-state index >= 15 is 0 Å². The van der Waals surface area contributed by atoms with Gasteiger partial charge in [-0.15, -0.1) is 0 Å². The summed E-state index contributed by atoms with van der Waals surface area (Å²) in [5.74, 6) is -1.24. The Morgan fingerprint density at radius 2 is 1.90 bits per heavy atom. The molecule has 1 aromatic rings. The maximum absolute atomic E-state index is 12.5. The molecular weight excluding hydrogens is 134 g/mol. The maximum Gasteiger partial charge on any atom is 0.137 e. The Bertz CT molecular complexity index is 230. The molecule has 0 spiro atoms. The Morgan fingerprint density at radius 3 is 2.40 bits per heavy atom. The van der Waals surface area contributed by atoms with Crippen LogP contribution in [0, 0.1) is 31.5 Å². The van der Waals surface area contributed by atoms with Gasteiger partial charge >= 0.3 is 0 Å². The lowest BCUT2D eigenvalue weighted by atomic mass is 10.1. The van der Waals surface area contributed by atoms with E-state index in [0.717, 1.165) is 0 Å². The van der Waals surface area contributed by atoms with E-state index in [1.807, 2.05) is 6.07 Å². The summed E-state index contributed by atoms with van der Waals surface area (Å²) in [6.07, 6.45) is 0. The van der Waals surface area contributed by atoms with Gasteiger partial charge in [-0.1, -0.05) is 0 Å². The minimum absolute atomic E-state index is 0.460. The highest BCUT2D eigenvalue weighted by molar-refractivity contribution is 5.25. The molecule has 0 saturated carbocycles. The largest absolute Gasteiger partial charge is 0.206 e. The van der Waals surface area contributed by atoms with Crippen LogP contribution in [0.25, 0.3) is 0 Å². The summed E-state index contributed by atoms with van der Waals surface area (Å²) in [5.41, 5.74) is 1.08. The second kappa shape index (κ2) is 2.37. The molecular formula is C8H7F2. The topological polar surface area (TPSA) is 0 Å². The van der Waals surface area contributed by atoms with E-state index in [1.165, 1.54) is 6.07 Å². The molecule has 0 aliphatic heterocycles. The van der Waals surface area contributed by atoms with Gasteiger partial charge in [0.05, 0.1) is 6.07 Å². The monoisotopic (exact) mass is 141 g/mol. The van der Waals surface area contributed by atoms with Crippen molar-refractivity contribution in [3.8, 4) is 0 Å². The molecule has 10 heavy (non-hydrogen) atoms. The number of hydrogen-bond acceptors (Lipinski definition) is 0.